The molecule has 1 heterocycles. The summed E-state index contributed by atoms with van der Waals surface area (Å²) in [5, 5.41) is 10.9. The second-order valence-corrected chi connectivity index (χ2v) is 4.95. The molecule has 2 rings (SSSR count). The molecule has 2 aromatic rings. The highest BCUT2D eigenvalue weighted by Crippen LogP contribution is 2.24. The van der Waals surface area contributed by atoms with Gasteiger partial charge in [0.15, 0.2) is 0 Å². The zero-order valence-electron chi connectivity index (χ0n) is 10.1. The van der Waals surface area contributed by atoms with Gasteiger partial charge in [-0.05, 0) is 35.6 Å². The molecule has 0 amide bonds. The fourth-order valence-corrected chi connectivity index (χ4v) is 2.49. The minimum atomic E-state index is -0.0892. The zero-order valence-corrected chi connectivity index (χ0v) is 10.9. The van der Waals surface area contributed by atoms with E-state index in [0.29, 0.717) is 13.0 Å². The topological polar surface area (TPSA) is 55.5 Å². The molecule has 0 radical (unpaired) electrons. The first kappa shape index (κ1) is 13.1. The number of rotatable bonds is 6. The van der Waals surface area contributed by atoms with Crippen LogP contribution in [-0.2, 0) is 6.42 Å². The Kier molecular flexibility index (Phi) is 4.75. The van der Waals surface area contributed by atoms with Gasteiger partial charge >= 0.3 is 0 Å². The number of aliphatic hydroxyl groups excluding tert-OH is 1. The molecule has 0 spiro atoms. The van der Waals surface area contributed by atoms with Crippen LogP contribution in [0.5, 0.6) is 5.75 Å². The Morgan fingerprint density at radius 3 is 2.56 bits per heavy atom. The van der Waals surface area contributed by atoms with Crippen LogP contribution in [0.15, 0.2) is 41.8 Å². The standard InChI is InChI=1S/C14H17NO2S/c15-10-13(14-2-1-9-18-14)17-12-5-3-11(4-6-12)7-8-16/h1-6,9,13,16H,7-8,10,15H2. The molecule has 0 aliphatic rings. The highest BCUT2D eigenvalue weighted by molar-refractivity contribution is 7.10. The van der Waals surface area contributed by atoms with Crippen molar-refractivity contribution >= 4 is 11.3 Å². The number of thiophene rings is 1. The molecule has 3 N–H and O–H groups in total. The molecule has 1 atom stereocenters. The Bertz CT molecular complexity index is 453. The van der Waals surface area contributed by atoms with Gasteiger partial charge < -0.3 is 15.6 Å². The Morgan fingerprint density at radius 1 is 1.22 bits per heavy atom. The lowest BCUT2D eigenvalue weighted by Gasteiger charge is -2.16. The van der Waals surface area contributed by atoms with Gasteiger partial charge in [0.2, 0.25) is 0 Å². The van der Waals surface area contributed by atoms with E-state index in [1.165, 1.54) is 0 Å². The van der Waals surface area contributed by atoms with Gasteiger partial charge in [-0.2, -0.15) is 0 Å². The third-order valence-corrected chi connectivity index (χ3v) is 3.64. The third kappa shape index (κ3) is 3.32. The van der Waals surface area contributed by atoms with E-state index >= 15 is 0 Å². The van der Waals surface area contributed by atoms with Crippen molar-refractivity contribution in [3.05, 3.63) is 52.2 Å². The quantitative estimate of drug-likeness (QED) is 0.841. The molecule has 0 saturated heterocycles. The van der Waals surface area contributed by atoms with Gasteiger partial charge in [-0.15, -0.1) is 11.3 Å². The third-order valence-electron chi connectivity index (χ3n) is 2.68. The smallest absolute Gasteiger partial charge is 0.145 e. The monoisotopic (exact) mass is 263 g/mol. The molecule has 96 valence electrons. The fraction of sp³-hybridized carbons (Fsp3) is 0.286. The number of hydrogen-bond donors (Lipinski definition) is 2. The molecule has 1 unspecified atom stereocenters. The van der Waals surface area contributed by atoms with Crippen LogP contribution in [0.3, 0.4) is 0 Å². The molecular weight excluding hydrogens is 246 g/mol. The van der Waals surface area contributed by atoms with Gasteiger partial charge in [0.25, 0.3) is 0 Å². The average molecular weight is 263 g/mol. The molecule has 0 aliphatic carbocycles. The predicted octanol–water partition coefficient (Wildman–Crippen LogP) is 2.36. The molecule has 1 aromatic carbocycles. The van der Waals surface area contributed by atoms with E-state index < -0.39 is 0 Å². The van der Waals surface area contributed by atoms with Crippen LogP contribution in [0.4, 0.5) is 0 Å². The summed E-state index contributed by atoms with van der Waals surface area (Å²) in [4.78, 5) is 1.14. The van der Waals surface area contributed by atoms with Gasteiger partial charge in [-0.25, -0.2) is 0 Å². The highest BCUT2D eigenvalue weighted by Gasteiger charge is 2.12. The minimum absolute atomic E-state index is 0.0892. The number of hydrogen-bond acceptors (Lipinski definition) is 4. The first-order valence-electron chi connectivity index (χ1n) is 5.93. The maximum atomic E-state index is 8.85. The summed E-state index contributed by atoms with van der Waals surface area (Å²) in [6.07, 6.45) is 0.583. The maximum absolute atomic E-state index is 8.85. The largest absolute Gasteiger partial charge is 0.484 e. The van der Waals surface area contributed by atoms with Crippen LogP contribution >= 0.6 is 11.3 Å². The number of aliphatic hydroxyl groups is 1. The van der Waals surface area contributed by atoms with Crippen molar-refractivity contribution in [3.8, 4) is 5.75 Å². The summed E-state index contributed by atoms with van der Waals surface area (Å²) >= 11 is 1.65. The van der Waals surface area contributed by atoms with E-state index in [9.17, 15) is 0 Å². The van der Waals surface area contributed by atoms with Crippen molar-refractivity contribution in [1.82, 2.24) is 0 Å². The van der Waals surface area contributed by atoms with Crippen LogP contribution in [0.25, 0.3) is 0 Å². The molecule has 0 fully saturated rings. The maximum Gasteiger partial charge on any atom is 0.145 e. The van der Waals surface area contributed by atoms with E-state index in [0.717, 1.165) is 16.2 Å². The van der Waals surface area contributed by atoms with Gasteiger partial charge in [0.05, 0.1) is 0 Å². The molecule has 1 aromatic heterocycles. The van der Waals surface area contributed by atoms with Gasteiger partial charge in [-0.1, -0.05) is 18.2 Å². The van der Waals surface area contributed by atoms with Crippen molar-refractivity contribution in [1.29, 1.82) is 0 Å². The van der Waals surface area contributed by atoms with E-state index in [4.69, 9.17) is 15.6 Å². The lowest BCUT2D eigenvalue weighted by atomic mass is 10.1. The van der Waals surface area contributed by atoms with Gasteiger partial charge in [0, 0.05) is 18.0 Å². The second kappa shape index (κ2) is 6.54. The van der Waals surface area contributed by atoms with Crippen LogP contribution in [0, 0.1) is 0 Å². The summed E-state index contributed by atoms with van der Waals surface area (Å²) in [7, 11) is 0. The van der Waals surface area contributed by atoms with Crippen molar-refractivity contribution < 1.29 is 9.84 Å². The van der Waals surface area contributed by atoms with Crippen LogP contribution in [-0.4, -0.2) is 18.3 Å². The van der Waals surface area contributed by atoms with Crippen LogP contribution in [0.2, 0.25) is 0 Å². The Labute approximate surface area is 111 Å². The van der Waals surface area contributed by atoms with Gasteiger partial charge in [-0.3, -0.25) is 0 Å². The van der Waals surface area contributed by atoms with Crippen molar-refractivity contribution in [2.45, 2.75) is 12.5 Å². The molecule has 0 saturated carbocycles. The number of ether oxygens (including phenoxy) is 1. The summed E-state index contributed by atoms with van der Waals surface area (Å²) in [5.74, 6) is 0.806. The van der Waals surface area contributed by atoms with Gasteiger partial charge in [0.1, 0.15) is 11.9 Å². The van der Waals surface area contributed by atoms with Crippen molar-refractivity contribution in [2.24, 2.45) is 5.73 Å². The van der Waals surface area contributed by atoms with Crippen LogP contribution < -0.4 is 10.5 Å². The first-order valence-corrected chi connectivity index (χ1v) is 6.81. The Hall–Kier alpha value is -1.36. The Morgan fingerprint density at radius 2 is 2.00 bits per heavy atom. The van der Waals surface area contributed by atoms with Crippen molar-refractivity contribution in [3.63, 3.8) is 0 Å². The molecular formula is C14H17NO2S. The molecule has 4 heteroatoms. The summed E-state index contributed by atoms with van der Waals surface area (Å²) in [6, 6.07) is 11.8. The highest BCUT2D eigenvalue weighted by atomic mass is 32.1. The van der Waals surface area contributed by atoms with E-state index in [1.807, 2.05) is 41.8 Å². The van der Waals surface area contributed by atoms with E-state index in [1.54, 1.807) is 11.3 Å². The fourth-order valence-electron chi connectivity index (χ4n) is 1.72. The normalized spacial score (nSPS) is 12.3. The van der Waals surface area contributed by atoms with Crippen LogP contribution in [0.1, 0.15) is 16.5 Å². The SMILES string of the molecule is NCC(Oc1ccc(CCO)cc1)c1cccs1. The number of benzene rings is 1. The first-order chi connectivity index (χ1) is 8.83. The lowest BCUT2D eigenvalue weighted by molar-refractivity contribution is 0.218. The minimum Gasteiger partial charge on any atom is -0.484 e. The molecule has 0 aliphatic heterocycles. The average Bonchev–Trinajstić information content (AvgIpc) is 2.92. The zero-order chi connectivity index (χ0) is 12.8. The summed E-state index contributed by atoms with van der Waals surface area (Å²) < 4.78 is 5.86. The van der Waals surface area contributed by atoms with Crippen molar-refractivity contribution in [2.75, 3.05) is 13.2 Å². The summed E-state index contributed by atoms with van der Waals surface area (Å²) in [5.41, 5.74) is 6.84. The Balaban J connectivity index is 2.03. The predicted molar refractivity (Wildman–Crippen MR) is 74.0 cm³/mol. The molecule has 0 bridgehead atoms. The molecule has 18 heavy (non-hydrogen) atoms. The van der Waals surface area contributed by atoms with E-state index in [-0.39, 0.29) is 12.7 Å². The molecule has 3 nitrogen and oxygen atoms in total. The second-order valence-electron chi connectivity index (χ2n) is 3.98. The number of nitrogens with two attached hydrogens (primary N) is 1. The van der Waals surface area contributed by atoms with E-state index in [2.05, 4.69) is 0 Å². The lowest BCUT2D eigenvalue weighted by Crippen LogP contribution is -2.17. The summed E-state index contributed by atoms with van der Waals surface area (Å²) in [6.45, 7) is 0.625.